The van der Waals surface area contributed by atoms with Crippen LogP contribution in [0.5, 0.6) is 0 Å². The molecule has 0 aliphatic carbocycles. The highest BCUT2D eigenvalue weighted by atomic mass is 15.3. The lowest BCUT2D eigenvalue weighted by molar-refractivity contribution is 0.326. The molecule has 22 heavy (non-hydrogen) atoms. The minimum atomic E-state index is 0.535. The quantitative estimate of drug-likeness (QED) is 0.922. The minimum Gasteiger partial charge on any atom is -0.388 e. The maximum Gasteiger partial charge on any atom is 0.0534 e. The van der Waals surface area contributed by atoms with E-state index in [0.717, 1.165) is 37.6 Å². The number of aryl methyl sites for hydroxylation is 2. The lowest BCUT2D eigenvalue weighted by Crippen LogP contribution is -2.19. The molecule has 3 heterocycles. The highest BCUT2D eigenvalue weighted by Gasteiger charge is 2.25. The molecule has 5 heteroatoms. The first kappa shape index (κ1) is 15.0. The first-order chi connectivity index (χ1) is 10.7. The van der Waals surface area contributed by atoms with E-state index < -0.39 is 0 Å². The summed E-state index contributed by atoms with van der Waals surface area (Å²) in [5.41, 5.74) is 4.77. The molecule has 1 atom stereocenters. The molecule has 1 fully saturated rings. The summed E-state index contributed by atoms with van der Waals surface area (Å²) in [5, 5.41) is 7.58. The Morgan fingerprint density at radius 1 is 1.36 bits per heavy atom. The number of nitrogens with one attached hydrogen (secondary N) is 1. The Balaban J connectivity index is 1.65. The molecular formula is C17H25N5. The molecule has 1 aliphatic heterocycles. The van der Waals surface area contributed by atoms with Crippen LogP contribution < -0.4 is 5.32 Å². The fraction of sp³-hybridized carbons (Fsp3) is 0.529. The summed E-state index contributed by atoms with van der Waals surface area (Å²) < 4.78 is 1.99. The van der Waals surface area contributed by atoms with Crippen molar-refractivity contribution in [1.82, 2.24) is 19.7 Å². The number of pyridine rings is 1. The van der Waals surface area contributed by atoms with Crippen LogP contribution in [0.1, 0.15) is 36.2 Å². The second-order valence-electron chi connectivity index (χ2n) is 6.10. The SMILES string of the molecule is CCn1cc(CN2CC[C@H](c3cc(NC)cc(C)n3)C2)cn1. The first-order valence-electron chi connectivity index (χ1n) is 8.08. The first-order valence-corrected chi connectivity index (χ1v) is 8.08. The second-order valence-corrected chi connectivity index (χ2v) is 6.10. The summed E-state index contributed by atoms with van der Waals surface area (Å²) in [5.74, 6) is 0.535. The van der Waals surface area contributed by atoms with Gasteiger partial charge in [0.25, 0.3) is 0 Å². The zero-order valence-corrected chi connectivity index (χ0v) is 13.7. The van der Waals surface area contributed by atoms with E-state index in [1.54, 1.807) is 0 Å². The van der Waals surface area contributed by atoms with Gasteiger partial charge in [0.2, 0.25) is 0 Å². The van der Waals surface area contributed by atoms with Gasteiger partial charge in [0.1, 0.15) is 0 Å². The Morgan fingerprint density at radius 2 is 2.23 bits per heavy atom. The van der Waals surface area contributed by atoms with Crippen molar-refractivity contribution in [3.05, 3.63) is 41.5 Å². The summed E-state index contributed by atoms with van der Waals surface area (Å²) in [4.78, 5) is 7.24. The molecule has 1 aliphatic rings. The predicted octanol–water partition coefficient (Wildman–Crippen LogP) is 2.64. The minimum absolute atomic E-state index is 0.535. The monoisotopic (exact) mass is 299 g/mol. The van der Waals surface area contributed by atoms with Crippen molar-refractivity contribution in [3.8, 4) is 0 Å². The van der Waals surface area contributed by atoms with Gasteiger partial charge in [-0.3, -0.25) is 14.6 Å². The van der Waals surface area contributed by atoms with Crippen molar-refractivity contribution in [1.29, 1.82) is 0 Å². The average molecular weight is 299 g/mol. The maximum atomic E-state index is 4.74. The van der Waals surface area contributed by atoms with Crippen LogP contribution in [-0.4, -0.2) is 39.8 Å². The zero-order chi connectivity index (χ0) is 15.5. The fourth-order valence-electron chi connectivity index (χ4n) is 3.18. The number of anilines is 1. The van der Waals surface area contributed by atoms with Crippen LogP contribution in [-0.2, 0) is 13.1 Å². The summed E-state index contributed by atoms with van der Waals surface area (Å²) in [6.45, 7) is 8.31. The lowest BCUT2D eigenvalue weighted by Gasteiger charge is -2.15. The normalized spacial score (nSPS) is 18.8. The van der Waals surface area contributed by atoms with E-state index in [2.05, 4.69) is 47.5 Å². The third-order valence-electron chi connectivity index (χ3n) is 4.37. The van der Waals surface area contributed by atoms with E-state index in [9.17, 15) is 0 Å². The number of likely N-dealkylation sites (tertiary alicyclic amines) is 1. The molecule has 0 unspecified atom stereocenters. The number of hydrogen-bond donors (Lipinski definition) is 1. The van der Waals surface area contributed by atoms with E-state index in [-0.39, 0.29) is 0 Å². The van der Waals surface area contributed by atoms with E-state index in [4.69, 9.17) is 4.98 Å². The van der Waals surface area contributed by atoms with Crippen LogP contribution in [0.15, 0.2) is 24.5 Å². The van der Waals surface area contributed by atoms with Crippen molar-refractivity contribution in [3.63, 3.8) is 0 Å². The fourth-order valence-corrected chi connectivity index (χ4v) is 3.18. The van der Waals surface area contributed by atoms with Gasteiger partial charge in [0.15, 0.2) is 0 Å². The molecule has 0 radical (unpaired) electrons. The zero-order valence-electron chi connectivity index (χ0n) is 13.7. The topological polar surface area (TPSA) is 46.0 Å². The molecule has 2 aromatic rings. The summed E-state index contributed by atoms with van der Waals surface area (Å²) in [6, 6.07) is 4.28. The molecule has 3 rings (SSSR count). The summed E-state index contributed by atoms with van der Waals surface area (Å²) >= 11 is 0. The third-order valence-corrected chi connectivity index (χ3v) is 4.37. The van der Waals surface area contributed by atoms with Crippen LogP contribution in [0.25, 0.3) is 0 Å². The van der Waals surface area contributed by atoms with Crippen LogP contribution in [0.4, 0.5) is 5.69 Å². The molecule has 118 valence electrons. The average Bonchev–Trinajstić information content (AvgIpc) is 3.16. The molecule has 0 amide bonds. The molecular weight excluding hydrogens is 274 g/mol. The van der Waals surface area contributed by atoms with Gasteiger partial charge >= 0.3 is 0 Å². The standard InChI is InChI=1S/C17H25N5/c1-4-22-11-14(9-19-22)10-21-6-5-15(12-21)17-8-16(18-3)7-13(2)20-17/h7-9,11,15H,4-6,10,12H2,1-3H3,(H,18,20)/t15-/m0/s1. The predicted molar refractivity (Wildman–Crippen MR) is 89.1 cm³/mol. The van der Waals surface area contributed by atoms with Crippen molar-refractivity contribution < 1.29 is 0 Å². The van der Waals surface area contributed by atoms with Gasteiger partial charge in [0, 0.05) is 61.4 Å². The van der Waals surface area contributed by atoms with Gasteiger partial charge in [-0.05, 0) is 38.9 Å². The van der Waals surface area contributed by atoms with Gasteiger partial charge in [-0.15, -0.1) is 0 Å². The van der Waals surface area contributed by atoms with Crippen LogP contribution in [0.2, 0.25) is 0 Å². The molecule has 1 saturated heterocycles. The Kier molecular flexibility index (Phi) is 4.43. The van der Waals surface area contributed by atoms with Crippen LogP contribution >= 0.6 is 0 Å². The van der Waals surface area contributed by atoms with Gasteiger partial charge in [-0.25, -0.2) is 0 Å². The number of hydrogen-bond acceptors (Lipinski definition) is 4. The smallest absolute Gasteiger partial charge is 0.0534 e. The van der Waals surface area contributed by atoms with Crippen molar-refractivity contribution in [2.75, 3.05) is 25.5 Å². The molecule has 5 nitrogen and oxygen atoms in total. The lowest BCUT2D eigenvalue weighted by atomic mass is 10.0. The van der Waals surface area contributed by atoms with Gasteiger partial charge in [-0.2, -0.15) is 5.10 Å². The van der Waals surface area contributed by atoms with Crippen molar-refractivity contribution in [2.45, 2.75) is 39.3 Å². The maximum absolute atomic E-state index is 4.74. The van der Waals surface area contributed by atoms with Crippen molar-refractivity contribution >= 4 is 5.69 Å². The molecule has 1 N–H and O–H groups in total. The van der Waals surface area contributed by atoms with Crippen molar-refractivity contribution in [2.24, 2.45) is 0 Å². The Hall–Kier alpha value is -1.88. The second kappa shape index (κ2) is 6.48. The highest BCUT2D eigenvalue weighted by molar-refractivity contribution is 5.45. The highest BCUT2D eigenvalue weighted by Crippen LogP contribution is 2.28. The number of rotatable bonds is 5. The van der Waals surface area contributed by atoms with E-state index in [1.165, 1.54) is 17.7 Å². The molecule has 0 aromatic carbocycles. The molecule has 2 aromatic heterocycles. The van der Waals surface area contributed by atoms with E-state index >= 15 is 0 Å². The molecule has 0 saturated carbocycles. The Bertz CT molecular complexity index is 634. The van der Waals surface area contributed by atoms with Crippen LogP contribution in [0, 0.1) is 6.92 Å². The summed E-state index contributed by atoms with van der Waals surface area (Å²) in [7, 11) is 1.96. The Labute approximate surface area is 132 Å². The largest absolute Gasteiger partial charge is 0.388 e. The third kappa shape index (κ3) is 3.30. The number of aromatic nitrogens is 3. The molecule has 0 spiro atoms. The van der Waals surface area contributed by atoms with E-state index in [1.807, 2.05) is 17.9 Å². The molecule has 0 bridgehead atoms. The van der Waals surface area contributed by atoms with Crippen LogP contribution in [0.3, 0.4) is 0 Å². The van der Waals surface area contributed by atoms with E-state index in [0.29, 0.717) is 5.92 Å². The number of nitrogens with zero attached hydrogens (tertiary/aromatic N) is 4. The summed E-state index contributed by atoms with van der Waals surface area (Å²) in [6.07, 6.45) is 5.32. The Morgan fingerprint density at radius 3 is 2.95 bits per heavy atom. The van der Waals surface area contributed by atoms with Gasteiger partial charge in [-0.1, -0.05) is 0 Å². The van der Waals surface area contributed by atoms with Gasteiger partial charge in [0.05, 0.1) is 6.20 Å². The van der Waals surface area contributed by atoms with Gasteiger partial charge < -0.3 is 5.32 Å².